The van der Waals surface area contributed by atoms with Crippen LogP contribution in [0.3, 0.4) is 0 Å². The molecule has 0 saturated carbocycles. The van der Waals surface area contributed by atoms with Crippen LogP contribution in [0.4, 0.5) is 0 Å². The molecule has 7 nitrogen and oxygen atoms in total. The monoisotopic (exact) mass is 376 g/mol. The van der Waals surface area contributed by atoms with E-state index >= 15 is 0 Å². The molecular formula is C12H30N2O5P2S. The van der Waals surface area contributed by atoms with Crippen LogP contribution in [0.2, 0.25) is 0 Å². The van der Waals surface area contributed by atoms with E-state index < -0.39 is 36.2 Å². The minimum Gasteiger partial charge on any atom is -0.333 e. The largest absolute Gasteiger partial charge is 0.333 e. The van der Waals surface area contributed by atoms with Crippen molar-refractivity contribution in [2.24, 2.45) is 11.0 Å². The van der Waals surface area contributed by atoms with Crippen LogP contribution in [0, 0.1) is 0 Å². The fraction of sp³-hybridized carbons (Fsp3) is 1.00. The van der Waals surface area contributed by atoms with E-state index in [4.69, 9.17) is 11.0 Å². The van der Waals surface area contributed by atoms with Gasteiger partial charge in [-0.15, -0.1) is 0 Å². The zero-order valence-electron chi connectivity index (χ0n) is 13.8. The Morgan fingerprint density at radius 2 is 1.14 bits per heavy atom. The summed E-state index contributed by atoms with van der Waals surface area (Å²) in [6.07, 6.45) is 1.92. The summed E-state index contributed by atoms with van der Waals surface area (Å²) in [4.78, 5) is 18.8. The Bertz CT molecular complexity index is 442. The Labute approximate surface area is 135 Å². The van der Waals surface area contributed by atoms with Gasteiger partial charge in [-0.2, -0.15) is 0 Å². The Hall–Kier alpha value is 0.450. The normalized spacial score (nSPS) is 20.2. The fourth-order valence-electron chi connectivity index (χ4n) is 1.75. The maximum Gasteiger partial charge on any atom is 0.270 e. The van der Waals surface area contributed by atoms with Crippen LogP contribution in [0.5, 0.6) is 0 Å². The zero-order chi connectivity index (χ0) is 17.8. The average molecular weight is 376 g/mol. The number of nitrogens with two attached hydrogens (primary N) is 2. The lowest BCUT2D eigenvalue weighted by molar-refractivity contribution is 0.426. The first-order valence-electron chi connectivity index (χ1n) is 7.18. The molecular weight excluding hydrogens is 346 g/mol. The molecule has 0 fully saturated rings. The SMILES string of the molecule is CC(C)(CCCS(=O)CCCC(C)(C)P(N)(=O)O)P(N)(=O)O. The average Bonchev–Trinajstić information content (AvgIpc) is 2.25. The van der Waals surface area contributed by atoms with Gasteiger partial charge in [-0.25, -0.2) is 0 Å². The standard InChI is InChI=1S/C12H30N2O5P2S/c1-11(2,20(13,15)16)7-5-9-22(19)10-6-8-12(3,4)21(14,17)18/h5-10H2,1-4H3,(H3,13,15,16)(H3,14,17,18). The second kappa shape index (κ2) is 8.02. The van der Waals surface area contributed by atoms with Crippen LogP contribution in [0.1, 0.15) is 53.4 Å². The lowest BCUT2D eigenvalue weighted by Crippen LogP contribution is -2.26. The maximum absolute atomic E-state index is 11.9. The number of hydrogen-bond donors (Lipinski definition) is 4. The van der Waals surface area contributed by atoms with Gasteiger partial charge in [0.2, 0.25) is 0 Å². The summed E-state index contributed by atoms with van der Waals surface area (Å²) in [5.74, 6) is 0.840. The van der Waals surface area contributed by atoms with E-state index in [0.717, 1.165) is 0 Å². The summed E-state index contributed by atoms with van der Waals surface area (Å²) in [5, 5.41) is -1.77. The summed E-state index contributed by atoms with van der Waals surface area (Å²) in [6, 6.07) is 0. The highest BCUT2D eigenvalue weighted by Crippen LogP contribution is 2.50. The summed E-state index contributed by atoms with van der Waals surface area (Å²) in [7, 11) is -8.39. The quantitative estimate of drug-likeness (QED) is 0.428. The molecule has 0 aromatic rings. The Morgan fingerprint density at radius 3 is 1.36 bits per heavy atom. The molecule has 0 saturated heterocycles. The third-order valence-electron chi connectivity index (χ3n) is 4.06. The molecule has 0 aromatic heterocycles. The molecule has 0 rings (SSSR count). The van der Waals surface area contributed by atoms with Gasteiger partial charge in [-0.1, -0.05) is 0 Å². The van der Waals surface area contributed by atoms with E-state index in [-0.39, 0.29) is 0 Å². The van der Waals surface area contributed by atoms with Crippen molar-refractivity contribution >= 4 is 25.8 Å². The third-order valence-corrected chi connectivity index (χ3v) is 9.46. The molecule has 0 aliphatic rings. The van der Waals surface area contributed by atoms with E-state index in [1.807, 2.05) is 0 Å². The van der Waals surface area contributed by atoms with E-state index in [9.17, 15) is 23.1 Å². The minimum absolute atomic E-state index is 0.420. The van der Waals surface area contributed by atoms with Crippen molar-refractivity contribution in [3.63, 3.8) is 0 Å². The van der Waals surface area contributed by atoms with Crippen LogP contribution in [-0.2, 0) is 19.9 Å². The maximum atomic E-state index is 11.9. The number of hydrogen-bond acceptors (Lipinski definition) is 3. The van der Waals surface area contributed by atoms with Gasteiger partial charge in [-0.05, 0) is 53.4 Å². The van der Waals surface area contributed by atoms with Crippen LogP contribution in [0.25, 0.3) is 0 Å². The van der Waals surface area contributed by atoms with Crippen molar-refractivity contribution in [1.82, 2.24) is 0 Å². The van der Waals surface area contributed by atoms with Crippen LogP contribution in [-0.4, -0.2) is 35.8 Å². The first-order valence-corrected chi connectivity index (χ1v) is 12.1. The lowest BCUT2D eigenvalue weighted by Gasteiger charge is -2.27. The minimum atomic E-state index is -3.66. The highest BCUT2D eigenvalue weighted by atomic mass is 32.2. The molecule has 0 heterocycles. The van der Waals surface area contributed by atoms with Crippen molar-refractivity contribution in [1.29, 1.82) is 0 Å². The first-order chi connectivity index (χ1) is 9.60. The van der Waals surface area contributed by atoms with Crippen molar-refractivity contribution < 1.29 is 23.1 Å². The van der Waals surface area contributed by atoms with Gasteiger partial charge in [0.05, 0.1) is 10.3 Å². The molecule has 0 amide bonds. The highest BCUT2D eigenvalue weighted by molar-refractivity contribution is 7.84. The van der Waals surface area contributed by atoms with Crippen LogP contribution < -0.4 is 11.0 Å². The Balaban J connectivity index is 4.14. The summed E-state index contributed by atoms with van der Waals surface area (Å²) < 4.78 is 34.9. The fourth-order valence-corrected chi connectivity index (χ4v) is 3.85. The molecule has 0 bridgehead atoms. The predicted octanol–water partition coefficient (Wildman–Crippen LogP) is 2.14. The van der Waals surface area contributed by atoms with Gasteiger partial charge in [-0.3, -0.25) is 24.3 Å². The van der Waals surface area contributed by atoms with Gasteiger partial charge < -0.3 is 9.79 Å². The van der Waals surface area contributed by atoms with Crippen molar-refractivity contribution in [3.8, 4) is 0 Å². The molecule has 134 valence electrons. The second-order valence-corrected chi connectivity index (χ2v) is 13.5. The molecule has 0 aliphatic heterocycles. The molecule has 0 spiro atoms. The van der Waals surface area contributed by atoms with Gasteiger partial charge in [0.1, 0.15) is 0 Å². The van der Waals surface area contributed by atoms with Crippen LogP contribution >= 0.6 is 15.0 Å². The molecule has 0 aliphatic carbocycles. The van der Waals surface area contributed by atoms with E-state index in [2.05, 4.69) is 0 Å². The first kappa shape index (κ1) is 22.4. The summed E-state index contributed by atoms with van der Waals surface area (Å²) in [5.41, 5.74) is 10.5. The topological polar surface area (TPSA) is 144 Å². The summed E-state index contributed by atoms with van der Waals surface area (Å²) in [6.45, 7) is 6.50. The van der Waals surface area contributed by atoms with Crippen molar-refractivity contribution in [2.75, 3.05) is 11.5 Å². The van der Waals surface area contributed by atoms with Gasteiger partial charge in [0, 0.05) is 22.3 Å². The number of rotatable bonds is 10. The van der Waals surface area contributed by atoms with Gasteiger partial charge >= 0.3 is 0 Å². The summed E-state index contributed by atoms with van der Waals surface area (Å²) >= 11 is 0. The van der Waals surface area contributed by atoms with Crippen LogP contribution in [0.15, 0.2) is 0 Å². The van der Waals surface area contributed by atoms with Gasteiger partial charge in [0.15, 0.2) is 0 Å². The van der Waals surface area contributed by atoms with E-state index in [0.29, 0.717) is 37.2 Å². The molecule has 0 aromatic carbocycles. The molecule has 2 atom stereocenters. The second-order valence-electron chi connectivity index (χ2n) is 6.93. The molecule has 0 radical (unpaired) electrons. The van der Waals surface area contributed by atoms with Gasteiger partial charge in [0.25, 0.3) is 15.0 Å². The van der Waals surface area contributed by atoms with Crippen molar-refractivity contribution in [3.05, 3.63) is 0 Å². The zero-order valence-corrected chi connectivity index (χ0v) is 16.4. The molecule has 6 N–H and O–H groups in total. The van der Waals surface area contributed by atoms with E-state index in [1.54, 1.807) is 27.7 Å². The molecule has 22 heavy (non-hydrogen) atoms. The predicted molar refractivity (Wildman–Crippen MR) is 92.5 cm³/mol. The van der Waals surface area contributed by atoms with Crippen molar-refractivity contribution in [2.45, 2.75) is 63.7 Å². The molecule has 2 unspecified atom stereocenters. The molecule has 10 heteroatoms. The third kappa shape index (κ3) is 7.35. The highest BCUT2D eigenvalue weighted by Gasteiger charge is 2.36. The smallest absolute Gasteiger partial charge is 0.270 e. The lowest BCUT2D eigenvalue weighted by atomic mass is 10.1. The van der Waals surface area contributed by atoms with E-state index in [1.165, 1.54) is 0 Å². The Morgan fingerprint density at radius 1 is 0.864 bits per heavy atom. The Kier molecular flexibility index (Phi) is 8.18.